The molecule has 0 bridgehead atoms. The number of rotatable bonds is 3. The van der Waals surface area contributed by atoms with Crippen LogP contribution in [0.15, 0.2) is 42.5 Å². The molecule has 0 radical (unpaired) electrons. The quantitative estimate of drug-likeness (QED) is 0.633. The number of anilines is 1. The summed E-state index contributed by atoms with van der Waals surface area (Å²) >= 11 is 12.0. The maximum absolute atomic E-state index is 12.4. The Morgan fingerprint density at radius 1 is 1.12 bits per heavy atom. The van der Waals surface area contributed by atoms with E-state index in [1.807, 2.05) is 12.1 Å². The predicted molar refractivity (Wildman–Crippen MR) is 100 cm³/mol. The summed E-state index contributed by atoms with van der Waals surface area (Å²) in [4.78, 5) is 24.4. The summed E-state index contributed by atoms with van der Waals surface area (Å²) < 4.78 is 0. The normalized spacial score (nSPS) is 23.6. The smallest absolute Gasteiger partial charge is 0.220 e. The molecule has 25 heavy (non-hydrogen) atoms. The fourth-order valence-corrected chi connectivity index (χ4v) is 3.88. The Labute approximate surface area is 156 Å². The van der Waals surface area contributed by atoms with E-state index in [0.29, 0.717) is 34.3 Å². The number of benzene rings is 2. The number of carbonyl (C=O) groups excluding carboxylic acids is 2. The Kier molecular flexibility index (Phi) is 5.02. The molecule has 3 N–H and O–H groups in total. The van der Waals surface area contributed by atoms with Crippen LogP contribution in [0.5, 0.6) is 0 Å². The highest BCUT2D eigenvalue weighted by atomic mass is 35.5. The summed E-state index contributed by atoms with van der Waals surface area (Å²) in [6.07, 6.45) is 1.55. The number of nitrogen functional groups attached to an aromatic ring is 1. The third-order valence-corrected chi connectivity index (χ3v) is 5.38. The average molecular weight is 377 g/mol. The van der Waals surface area contributed by atoms with Crippen LogP contribution in [0.1, 0.15) is 29.9 Å². The van der Waals surface area contributed by atoms with E-state index in [4.69, 9.17) is 28.9 Å². The summed E-state index contributed by atoms with van der Waals surface area (Å²) in [5.41, 5.74) is 7.35. The van der Waals surface area contributed by atoms with Crippen molar-refractivity contribution >= 4 is 41.1 Å². The van der Waals surface area contributed by atoms with Gasteiger partial charge in [0, 0.05) is 34.6 Å². The third kappa shape index (κ3) is 3.37. The number of amides is 1. The lowest BCUT2D eigenvalue weighted by Crippen LogP contribution is -2.39. The Balaban J connectivity index is 2.18. The lowest BCUT2D eigenvalue weighted by molar-refractivity contribution is -0.120. The van der Waals surface area contributed by atoms with E-state index in [1.54, 1.807) is 30.3 Å². The lowest BCUT2D eigenvalue weighted by atomic mass is 9.66. The molecule has 2 aromatic rings. The number of carbonyl (C=O) groups is 2. The molecule has 6 heteroatoms. The number of nitrogens with two attached hydrogens (primary N) is 1. The van der Waals surface area contributed by atoms with E-state index in [2.05, 4.69) is 5.32 Å². The van der Waals surface area contributed by atoms with Crippen molar-refractivity contribution in [1.82, 2.24) is 5.32 Å². The van der Waals surface area contributed by atoms with Gasteiger partial charge in [0.25, 0.3) is 0 Å². The monoisotopic (exact) mass is 376 g/mol. The van der Waals surface area contributed by atoms with Crippen LogP contribution >= 0.6 is 23.2 Å². The first-order valence-electron chi connectivity index (χ1n) is 8.00. The van der Waals surface area contributed by atoms with Gasteiger partial charge in [0.05, 0.1) is 5.41 Å². The zero-order valence-electron chi connectivity index (χ0n) is 13.5. The SMILES string of the molecule is Nc1cc(Cl)ccc1[C@@]1(C=O)CCC(=O)NC[C@H]1c1ccc(Cl)cc1. The van der Waals surface area contributed by atoms with Gasteiger partial charge in [0.1, 0.15) is 6.29 Å². The molecule has 0 unspecified atom stereocenters. The molecule has 2 aromatic carbocycles. The predicted octanol–water partition coefficient (Wildman–Crippen LogP) is 3.71. The Bertz CT molecular complexity index is 808. The van der Waals surface area contributed by atoms with Crippen LogP contribution in [0.4, 0.5) is 5.69 Å². The van der Waals surface area contributed by atoms with E-state index >= 15 is 0 Å². The zero-order valence-corrected chi connectivity index (χ0v) is 15.0. The molecule has 3 rings (SSSR count). The third-order valence-electron chi connectivity index (χ3n) is 4.89. The van der Waals surface area contributed by atoms with E-state index in [0.717, 1.165) is 11.8 Å². The Hall–Kier alpha value is -2.04. The maximum Gasteiger partial charge on any atom is 0.220 e. The number of hydrogen-bond donors (Lipinski definition) is 2. The first-order valence-corrected chi connectivity index (χ1v) is 8.76. The molecule has 1 aliphatic rings. The maximum atomic E-state index is 12.4. The molecule has 1 saturated heterocycles. The molecule has 4 nitrogen and oxygen atoms in total. The highest BCUT2D eigenvalue weighted by molar-refractivity contribution is 6.31. The molecule has 1 amide bonds. The van der Waals surface area contributed by atoms with Gasteiger partial charge in [-0.25, -0.2) is 0 Å². The zero-order chi connectivity index (χ0) is 18.0. The molecular weight excluding hydrogens is 359 g/mol. The fraction of sp³-hybridized carbons (Fsp3) is 0.263. The van der Waals surface area contributed by atoms with E-state index in [-0.39, 0.29) is 18.2 Å². The van der Waals surface area contributed by atoms with Crippen LogP contribution in [0.3, 0.4) is 0 Å². The summed E-state index contributed by atoms with van der Waals surface area (Å²) in [6.45, 7) is 0.348. The molecule has 0 saturated carbocycles. The molecule has 0 aliphatic carbocycles. The van der Waals surface area contributed by atoms with Gasteiger partial charge in [-0.15, -0.1) is 0 Å². The molecule has 1 heterocycles. The van der Waals surface area contributed by atoms with Crippen molar-refractivity contribution in [3.05, 3.63) is 63.6 Å². The number of nitrogens with one attached hydrogen (secondary N) is 1. The highest BCUT2D eigenvalue weighted by Crippen LogP contribution is 2.45. The van der Waals surface area contributed by atoms with Crippen LogP contribution in [-0.2, 0) is 15.0 Å². The van der Waals surface area contributed by atoms with Crippen molar-refractivity contribution in [2.75, 3.05) is 12.3 Å². The second kappa shape index (κ2) is 7.06. The highest BCUT2D eigenvalue weighted by Gasteiger charge is 2.44. The second-order valence-corrected chi connectivity index (χ2v) is 7.17. The van der Waals surface area contributed by atoms with Crippen molar-refractivity contribution in [2.45, 2.75) is 24.2 Å². The van der Waals surface area contributed by atoms with Gasteiger partial charge >= 0.3 is 0 Å². The molecule has 2 atom stereocenters. The van der Waals surface area contributed by atoms with E-state index in [9.17, 15) is 9.59 Å². The Morgan fingerprint density at radius 3 is 2.44 bits per heavy atom. The van der Waals surface area contributed by atoms with Gasteiger partial charge in [0.15, 0.2) is 0 Å². The van der Waals surface area contributed by atoms with Crippen LogP contribution in [0.25, 0.3) is 0 Å². The minimum atomic E-state index is -0.915. The average Bonchev–Trinajstić information content (AvgIpc) is 2.76. The van der Waals surface area contributed by atoms with Crippen molar-refractivity contribution in [2.24, 2.45) is 0 Å². The van der Waals surface area contributed by atoms with Crippen molar-refractivity contribution in [3.8, 4) is 0 Å². The van der Waals surface area contributed by atoms with E-state index in [1.165, 1.54) is 0 Å². The fourth-order valence-electron chi connectivity index (χ4n) is 3.58. The van der Waals surface area contributed by atoms with Crippen LogP contribution in [0.2, 0.25) is 10.0 Å². The van der Waals surface area contributed by atoms with Gasteiger partial charge in [-0.3, -0.25) is 4.79 Å². The first kappa shape index (κ1) is 17.8. The van der Waals surface area contributed by atoms with Gasteiger partial charge in [-0.2, -0.15) is 0 Å². The molecular formula is C19H18Cl2N2O2. The summed E-state index contributed by atoms with van der Waals surface area (Å²) in [5.74, 6) is -0.326. The number of halogens is 2. The topological polar surface area (TPSA) is 72.2 Å². The van der Waals surface area contributed by atoms with Gasteiger partial charge in [-0.05, 0) is 41.8 Å². The molecule has 1 fully saturated rings. The summed E-state index contributed by atoms with van der Waals surface area (Å²) in [7, 11) is 0. The molecule has 0 aromatic heterocycles. The molecule has 130 valence electrons. The molecule has 1 aliphatic heterocycles. The lowest BCUT2D eigenvalue weighted by Gasteiger charge is -2.36. The van der Waals surface area contributed by atoms with Crippen molar-refractivity contribution in [1.29, 1.82) is 0 Å². The second-order valence-electron chi connectivity index (χ2n) is 6.30. The van der Waals surface area contributed by atoms with Crippen LogP contribution in [0, 0.1) is 0 Å². The van der Waals surface area contributed by atoms with E-state index < -0.39 is 5.41 Å². The van der Waals surface area contributed by atoms with Crippen molar-refractivity contribution in [3.63, 3.8) is 0 Å². The van der Waals surface area contributed by atoms with Gasteiger partial charge < -0.3 is 15.8 Å². The van der Waals surface area contributed by atoms with Gasteiger partial charge in [0.2, 0.25) is 5.91 Å². The minimum absolute atomic E-state index is 0.0739. The minimum Gasteiger partial charge on any atom is -0.398 e. The van der Waals surface area contributed by atoms with Crippen molar-refractivity contribution < 1.29 is 9.59 Å². The summed E-state index contributed by atoms with van der Waals surface area (Å²) in [6, 6.07) is 12.5. The number of hydrogen-bond acceptors (Lipinski definition) is 3. The summed E-state index contributed by atoms with van der Waals surface area (Å²) in [5, 5.41) is 4.02. The number of aldehydes is 1. The standard InChI is InChI=1S/C19H18Cl2N2O2/c20-13-3-1-12(2-4-13)16-10-23-18(25)7-8-19(16,11-24)15-6-5-14(21)9-17(15)22/h1-6,9,11,16H,7-8,10,22H2,(H,23,25)/t16-,19-/m0/s1. The van der Waals surface area contributed by atoms with Gasteiger partial charge in [-0.1, -0.05) is 41.4 Å². The van der Waals surface area contributed by atoms with Crippen LogP contribution in [-0.4, -0.2) is 18.7 Å². The van der Waals surface area contributed by atoms with Crippen LogP contribution < -0.4 is 11.1 Å². The largest absolute Gasteiger partial charge is 0.398 e. The Morgan fingerprint density at radius 2 is 1.80 bits per heavy atom. The first-order chi connectivity index (χ1) is 12.0. The molecule has 0 spiro atoms.